The summed E-state index contributed by atoms with van der Waals surface area (Å²) in [5, 5.41) is 7.68. The number of carbonyl (C=O) groups is 1. The van der Waals surface area contributed by atoms with Crippen LogP contribution in [0.4, 0.5) is 11.4 Å². The van der Waals surface area contributed by atoms with Crippen molar-refractivity contribution in [2.75, 3.05) is 42.5 Å². The Labute approximate surface area is 172 Å². The van der Waals surface area contributed by atoms with Gasteiger partial charge in [-0.2, -0.15) is 5.10 Å². The molecule has 2 atom stereocenters. The first-order valence-corrected chi connectivity index (χ1v) is 9.03. The molecule has 3 heterocycles. The van der Waals surface area contributed by atoms with Gasteiger partial charge in [0.15, 0.2) is 0 Å². The SMILES string of the molecule is CCN1CCN(C(=O)[C@H]2CNC[C@@H]2c2cnn(C)c2)c2ccccc21.Cl.Cl. The topological polar surface area (TPSA) is 53.4 Å². The van der Waals surface area contributed by atoms with Crippen LogP contribution in [-0.4, -0.2) is 48.4 Å². The molecule has 27 heavy (non-hydrogen) atoms. The van der Waals surface area contributed by atoms with Crippen LogP contribution >= 0.6 is 24.8 Å². The van der Waals surface area contributed by atoms with E-state index in [-0.39, 0.29) is 42.6 Å². The second-order valence-electron chi connectivity index (χ2n) is 6.88. The molecule has 6 nitrogen and oxygen atoms in total. The monoisotopic (exact) mass is 411 g/mol. The second kappa shape index (κ2) is 8.95. The number of amides is 1. The minimum absolute atomic E-state index is 0. The maximum absolute atomic E-state index is 13.4. The van der Waals surface area contributed by atoms with Crippen LogP contribution in [0, 0.1) is 5.92 Å². The molecule has 1 N–H and O–H groups in total. The Morgan fingerprint density at radius 2 is 1.93 bits per heavy atom. The zero-order valence-corrected chi connectivity index (χ0v) is 17.3. The first kappa shape index (κ1) is 21.5. The lowest BCUT2D eigenvalue weighted by Gasteiger charge is -2.38. The summed E-state index contributed by atoms with van der Waals surface area (Å²) in [6, 6.07) is 8.25. The molecule has 2 aromatic rings. The first-order chi connectivity index (χ1) is 12.2. The molecule has 2 aliphatic heterocycles. The van der Waals surface area contributed by atoms with E-state index >= 15 is 0 Å². The van der Waals surface area contributed by atoms with Crippen LogP contribution < -0.4 is 15.1 Å². The maximum Gasteiger partial charge on any atom is 0.232 e. The molecule has 0 aliphatic carbocycles. The standard InChI is InChI=1S/C19H25N5O.2ClH/c1-3-23-8-9-24(18-7-5-4-6-17(18)23)19(25)16-12-20-11-15(16)14-10-21-22(2)13-14;;/h4-7,10,13,15-16,20H,3,8-9,11-12H2,1-2H3;2*1H/t15-,16+;;/m1../s1. The average Bonchev–Trinajstić information content (AvgIpc) is 3.28. The van der Waals surface area contributed by atoms with Crippen molar-refractivity contribution in [3.05, 3.63) is 42.2 Å². The van der Waals surface area contributed by atoms with Gasteiger partial charge in [-0.15, -0.1) is 24.8 Å². The number of nitrogens with one attached hydrogen (secondary N) is 1. The molecular weight excluding hydrogens is 385 g/mol. The fourth-order valence-electron chi connectivity index (χ4n) is 4.10. The van der Waals surface area contributed by atoms with E-state index < -0.39 is 0 Å². The average molecular weight is 412 g/mol. The van der Waals surface area contributed by atoms with E-state index in [0.717, 1.165) is 49.7 Å². The highest BCUT2D eigenvalue weighted by Crippen LogP contribution is 2.36. The van der Waals surface area contributed by atoms with Crippen LogP contribution in [0.1, 0.15) is 18.4 Å². The van der Waals surface area contributed by atoms with Gasteiger partial charge in [-0.1, -0.05) is 12.1 Å². The van der Waals surface area contributed by atoms with Crippen LogP contribution in [0.3, 0.4) is 0 Å². The molecule has 0 unspecified atom stereocenters. The largest absolute Gasteiger partial charge is 0.368 e. The molecule has 1 aromatic heterocycles. The van der Waals surface area contributed by atoms with Crippen molar-refractivity contribution in [3.8, 4) is 0 Å². The third kappa shape index (κ3) is 3.93. The van der Waals surface area contributed by atoms with Gasteiger partial charge >= 0.3 is 0 Å². The summed E-state index contributed by atoms with van der Waals surface area (Å²) in [5.41, 5.74) is 3.34. The highest BCUT2D eigenvalue weighted by molar-refractivity contribution is 6.00. The molecule has 1 saturated heterocycles. The number of halogens is 2. The summed E-state index contributed by atoms with van der Waals surface area (Å²) in [4.78, 5) is 17.7. The van der Waals surface area contributed by atoms with Crippen LogP contribution in [0.5, 0.6) is 0 Å². The van der Waals surface area contributed by atoms with E-state index in [0.29, 0.717) is 0 Å². The molecule has 2 aliphatic rings. The van der Waals surface area contributed by atoms with Crippen molar-refractivity contribution in [2.45, 2.75) is 12.8 Å². The summed E-state index contributed by atoms with van der Waals surface area (Å²) in [6.45, 7) is 6.32. The Balaban J connectivity index is 0.00000131. The summed E-state index contributed by atoms with van der Waals surface area (Å²) in [7, 11) is 1.92. The molecule has 1 amide bonds. The number of anilines is 2. The summed E-state index contributed by atoms with van der Waals surface area (Å²) < 4.78 is 1.81. The molecule has 0 saturated carbocycles. The van der Waals surface area contributed by atoms with Gasteiger partial charge in [-0.3, -0.25) is 9.48 Å². The number of aryl methyl sites for hydroxylation is 1. The van der Waals surface area contributed by atoms with Crippen molar-refractivity contribution in [3.63, 3.8) is 0 Å². The van der Waals surface area contributed by atoms with Gasteiger partial charge in [-0.25, -0.2) is 0 Å². The molecule has 8 heteroatoms. The number of rotatable bonds is 3. The zero-order valence-electron chi connectivity index (χ0n) is 15.7. The summed E-state index contributed by atoms with van der Waals surface area (Å²) in [6.07, 6.45) is 3.92. The van der Waals surface area contributed by atoms with Crippen LogP contribution in [0.15, 0.2) is 36.7 Å². The number of benzene rings is 1. The van der Waals surface area contributed by atoms with E-state index in [4.69, 9.17) is 0 Å². The lowest BCUT2D eigenvalue weighted by molar-refractivity contribution is -0.122. The molecule has 0 radical (unpaired) electrons. The van der Waals surface area contributed by atoms with Gasteiger partial charge in [0.1, 0.15) is 0 Å². The third-order valence-corrected chi connectivity index (χ3v) is 5.44. The summed E-state index contributed by atoms with van der Waals surface area (Å²) >= 11 is 0. The Hall–Kier alpha value is -1.76. The molecule has 1 fully saturated rings. The number of likely N-dealkylation sites (N-methyl/N-ethyl adjacent to an activating group) is 1. The molecule has 4 rings (SSSR count). The van der Waals surface area contributed by atoms with Crippen molar-refractivity contribution in [1.29, 1.82) is 0 Å². The van der Waals surface area contributed by atoms with Crippen molar-refractivity contribution < 1.29 is 4.79 Å². The number of carbonyl (C=O) groups excluding carboxylic acids is 1. The highest BCUT2D eigenvalue weighted by atomic mass is 35.5. The van der Waals surface area contributed by atoms with Gasteiger partial charge < -0.3 is 15.1 Å². The zero-order chi connectivity index (χ0) is 17.4. The van der Waals surface area contributed by atoms with E-state index in [1.807, 2.05) is 41.2 Å². The van der Waals surface area contributed by atoms with Crippen LogP contribution in [0.25, 0.3) is 0 Å². The number of hydrogen-bond donors (Lipinski definition) is 1. The number of fused-ring (bicyclic) bond motifs is 1. The molecule has 148 valence electrons. The molecule has 1 aromatic carbocycles. The van der Waals surface area contributed by atoms with E-state index in [1.54, 1.807) is 0 Å². The Morgan fingerprint density at radius 1 is 1.19 bits per heavy atom. The molecular formula is C19H27Cl2N5O. The lowest BCUT2D eigenvalue weighted by atomic mass is 9.89. The fourth-order valence-corrected chi connectivity index (χ4v) is 4.10. The van der Waals surface area contributed by atoms with Gasteiger partial charge in [0.2, 0.25) is 5.91 Å². The molecule has 0 bridgehead atoms. The smallest absolute Gasteiger partial charge is 0.232 e. The quantitative estimate of drug-likeness (QED) is 0.842. The Morgan fingerprint density at radius 3 is 2.59 bits per heavy atom. The van der Waals surface area contributed by atoms with E-state index in [1.165, 1.54) is 0 Å². The number of nitrogens with zero attached hydrogens (tertiary/aromatic N) is 4. The van der Waals surface area contributed by atoms with Crippen molar-refractivity contribution in [2.24, 2.45) is 13.0 Å². The molecule has 0 spiro atoms. The summed E-state index contributed by atoms with van der Waals surface area (Å²) in [5.74, 6) is 0.380. The highest BCUT2D eigenvalue weighted by Gasteiger charge is 2.39. The van der Waals surface area contributed by atoms with Gasteiger partial charge in [0.05, 0.1) is 23.5 Å². The van der Waals surface area contributed by atoms with Gasteiger partial charge in [0, 0.05) is 51.9 Å². The first-order valence-electron chi connectivity index (χ1n) is 9.03. The normalized spacial score (nSPS) is 21.3. The third-order valence-electron chi connectivity index (χ3n) is 5.44. The predicted octanol–water partition coefficient (Wildman–Crippen LogP) is 2.44. The Bertz CT molecular complexity index is 781. The van der Waals surface area contributed by atoms with Crippen LogP contribution in [-0.2, 0) is 11.8 Å². The number of hydrogen-bond acceptors (Lipinski definition) is 4. The van der Waals surface area contributed by atoms with Crippen molar-refractivity contribution in [1.82, 2.24) is 15.1 Å². The fraction of sp³-hybridized carbons (Fsp3) is 0.474. The second-order valence-corrected chi connectivity index (χ2v) is 6.88. The minimum Gasteiger partial charge on any atom is -0.368 e. The van der Waals surface area contributed by atoms with Gasteiger partial charge in [-0.05, 0) is 24.6 Å². The maximum atomic E-state index is 13.4. The number of para-hydroxylation sites is 2. The van der Waals surface area contributed by atoms with Crippen LogP contribution in [0.2, 0.25) is 0 Å². The minimum atomic E-state index is -0.0366. The predicted molar refractivity (Wildman–Crippen MR) is 113 cm³/mol. The van der Waals surface area contributed by atoms with Crippen molar-refractivity contribution >= 4 is 42.1 Å². The Kier molecular flexibility index (Phi) is 7.14. The lowest BCUT2D eigenvalue weighted by Crippen LogP contribution is -2.47. The van der Waals surface area contributed by atoms with Gasteiger partial charge in [0.25, 0.3) is 0 Å². The van der Waals surface area contributed by atoms with E-state index in [2.05, 4.69) is 34.4 Å². The van der Waals surface area contributed by atoms with E-state index in [9.17, 15) is 4.79 Å². The number of aromatic nitrogens is 2.